The number of hydrogen-bond acceptors (Lipinski definition) is 5. The highest BCUT2D eigenvalue weighted by molar-refractivity contribution is 5.59. The van der Waals surface area contributed by atoms with Crippen LogP contribution in [0.15, 0.2) is 30.5 Å². The first-order chi connectivity index (χ1) is 12.5. The van der Waals surface area contributed by atoms with E-state index in [1.807, 2.05) is 0 Å². The maximum atomic E-state index is 13.0. The summed E-state index contributed by atoms with van der Waals surface area (Å²) >= 11 is 0. The fraction of sp³-hybridized carbons (Fsp3) is 0.375. The SMILES string of the molecule is CCN(c1cccc(OC)c1)c1ncc(C(F)(F)F)c(OCC(F)(F)F)n1. The molecule has 1 heterocycles. The standard InChI is InChI=1S/C16H15F6N3O2/c1-3-25(10-5-4-6-11(7-10)26-2)14-23-8-12(16(20,21)22)13(24-14)27-9-15(17,18)19/h4-8H,3,9H2,1-2H3. The molecule has 0 aliphatic rings. The number of aromatic nitrogens is 2. The maximum Gasteiger partial charge on any atom is 0.423 e. The lowest BCUT2D eigenvalue weighted by molar-refractivity contribution is -0.159. The van der Waals surface area contributed by atoms with Gasteiger partial charge in [-0.2, -0.15) is 31.3 Å². The Kier molecular flexibility index (Phi) is 6.01. The van der Waals surface area contributed by atoms with E-state index in [1.54, 1.807) is 31.2 Å². The third kappa shape index (κ3) is 5.38. The second kappa shape index (κ2) is 7.89. The lowest BCUT2D eigenvalue weighted by Gasteiger charge is -2.23. The van der Waals surface area contributed by atoms with Crippen LogP contribution in [-0.4, -0.2) is 36.4 Å². The smallest absolute Gasteiger partial charge is 0.423 e. The topological polar surface area (TPSA) is 47.5 Å². The number of hydrogen-bond donors (Lipinski definition) is 0. The minimum absolute atomic E-state index is 0.233. The van der Waals surface area contributed by atoms with Crippen molar-refractivity contribution in [1.29, 1.82) is 0 Å². The van der Waals surface area contributed by atoms with Gasteiger partial charge in [-0.1, -0.05) is 6.07 Å². The fourth-order valence-corrected chi connectivity index (χ4v) is 2.16. The van der Waals surface area contributed by atoms with Crippen molar-refractivity contribution in [2.75, 3.05) is 25.2 Å². The molecule has 0 saturated heterocycles. The number of ether oxygens (including phenoxy) is 2. The monoisotopic (exact) mass is 395 g/mol. The van der Waals surface area contributed by atoms with Gasteiger partial charge in [0.2, 0.25) is 11.8 Å². The summed E-state index contributed by atoms with van der Waals surface area (Å²) in [7, 11) is 1.44. The molecular formula is C16H15F6N3O2. The molecule has 148 valence electrons. The number of benzene rings is 1. The van der Waals surface area contributed by atoms with Crippen molar-refractivity contribution in [3.63, 3.8) is 0 Å². The van der Waals surface area contributed by atoms with E-state index >= 15 is 0 Å². The number of nitrogens with zero attached hydrogens (tertiary/aromatic N) is 3. The van der Waals surface area contributed by atoms with Gasteiger partial charge < -0.3 is 14.4 Å². The van der Waals surface area contributed by atoms with Gasteiger partial charge in [0.25, 0.3) is 0 Å². The van der Waals surface area contributed by atoms with Crippen LogP contribution in [0.4, 0.5) is 38.0 Å². The fourth-order valence-electron chi connectivity index (χ4n) is 2.16. The first-order valence-corrected chi connectivity index (χ1v) is 7.60. The summed E-state index contributed by atoms with van der Waals surface area (Å²) in [4.78, 5) is 8.63. The van der Waals surface area contributed by atoms with Crippen LogP contribution in [0.25, 0.3) is 0 Å². The molecule has 1 aromatic carbocycles. The largest absolute Gasteiger partial charge is 0.497 e. The van der Waals surface area contributed by atoms with Crippen molar-refractivity contribution in [1.82, 2.24) is 9.97 Å². The molecule has 27 heavy (non-hydrogen) atoms. The van der Waals surface area contributed by atoms with E-state index in [0.29, 0.717) is 17.6 Å². The molecule has 5 nitrogen and oxygen atoms in total. The predicted molar refractivity (Wildman–Crippen MR) is 84.3 cm³/mol. The molecule has 0 aliphatic heterocycles. The molecule has 0 aliphatic carbocycles. The van der Waals surface area contributed by atoms with Gasteiger partial charge >= 0.3 is 12.4 Å². The third-order valence-corrected chi connectivity index (χ3v) is 3.34. The van der Waals surface area contributed by atoms with Crippen LogP contribution in [0.5, 0.6) is 11.6 Å². The third-order valence-electron chi connectivity index (χ3n) is 3.34. The lowest BCUT2D eigenvalue weighted by atomic mass is 10.2. The minimum Gasteiger partial charge on any atom is -0.497 e. The second-order valence-electron chi connectivity index (χ2n) is 5.24. The zero-order valence-corrected chi connectivity index (χ0v) is 14.2. The summed E-state index contributed by atoms with van der Waals surface area (Å²) in [5.74, 6) is -0.950. The molecular weight excluding hydrogens is 380 g/mol. The zero-order valence-electron chi connectivity index (χ0n) is 14.2. The highest BCUT2D eigenvalue weighted by Gasteiger charge is 2.38. The maximum absolute atomic E-state index is 13.0. The van der Waals surface area contributed by atoms with Gasteiger partial charge in [-0.15, -0.1) is 0 Å². The Balaban J connectivity index is 2.45. The summed E-state index contributed by atoms with van der Waals surface area (Å²) in [6, 6.07) is 6.51. The van der Waals surface area contributed by atoms with E-state index in [2.05, 4.69) is 14.7 Å². The van der Waals surface area contributed by atoms with Crippen LogP contribution in [0.1, 0.15) is 12.5 Å². The van der Waals surface area contributed by atoms with Gasteiger partial charge in [0, 0.05) is 24.5 Å². The number of anilines is 2. The molecule has 0 bridgehead atoms. The van der Waals surface area contributed by atoms with Crippen LogP contribution in [0.2, 0.25) is 0 Å². The molecule has 0 fully saturated rings. The zero-order chi connectivity index (χ0) is 20.2. The van der Waals surface area contributed by atoms with E-state index in [-0.39, 0.29) is 12.5 Å². The Morgan fingerprint density at radius 1 is 1.11 bits per heavy atom. The van der Waals surface area contributed by atoms with Gasteiger partial charge in [-0.3, -0.25) is 0 Å². The van der Waals surface area contributed by atoms with Crippen molar-refractivity contribution >= 4 is 11.6 Å². The van der Waals surface area contributed by atoms with Crippen LogP contribution in [0.3, 0.4) is 0 Å². The van der Waals surface area contributed by atoms with Crippen molar-refractivity contribution in [3.8, 4) is 11.6 Å². The Hall–Kier alpha value is -2.72. The van der Waals surface area contributed by atoms with E-state index in [1.165, 1.54) is 12.0 Å². The minimum atomic E-state index is -4.97. The van der Waals surface area contributed by atoms with Gasteiger partial charge in [0.1, 0.15) is 11.3 Å². The van der Waals surface area contributed by atoms with Gasteiger partial charge in [0.15, 0.2) is 6.61 Å². The summed E-state index contributed by atoms with van der Waals surface area (Å²) < 4.78 is 85.6. The van der Waals surface area contributed by atoms with E-state index in [0.717, 1.165) is 0 Å². The highest BCUT2D eigenvalue weighted by atomic mass is 19.4. The van der Waals surface area contributed by atoms with Crippen molar-refractivity contribution in [3.05, 3.63) is 36.0 Å². The van der Waals surface area contributed by atoms with Crippen molar-refractivity contribution in [2.24, 2.45) is 0 Å². The van der Waals surface area contributed by atoms with Gasteiger partial charge in [-0.25, -0.2) is 4.98 Å². The normalized spacial score (nSPS) is 12.0. The van der Waals surface area contributed by atoms with Crippen LogP contribution in [0, 0.1) is 0 Å². The molecule has 0 amide bonds. The first kappa shape index (κ1) is 20.6. The van der Waals surface area contributed by atoms with Crippen molar-refractivity contribution < 1.29 is 35.8 Å². The Labute approximate surface area is 150 Å². The molecule has 0 atom stereocenters. The number of alkyl halides is 6. The predicted octanol–water partition coefficient (Wildman–Crippen LogP) is 4.60. The summed E-state index contributed by atoms with van der Waals surface area (Å²) in [6.45, 7) is 0.00577. The van der Waals surface area contributed by atoms with Gasteiger partial charge in [-0.05, 0) is 19.1 Å². The lowest BCUT2D eigenvalue weighted by Crippen LogP contribution is -2.24. The second-order valence-corrected chi connectivity index (χ2v) is 5.24. The first-order valence-electron chi connectivity index (χ1n) is 7.60. The van der Waals surface area contributed by atoms with Crippen LogP contribution in [-0.2, 0) is 6.18 Å². The number of methoxy groups -OCH3 is 1. The molecule has 2 aromatic rings. The molecule has 0 saturated carbocycles. The van der Waals surface area contributed by atoms with Crippen LogP contribution >= 0.6 is 0 Å². The number of rotatable bonds is 6. The number of halogens is 6. The highest BCUT2D eigenvalue weighted by Crippen LogP contribution is 2.37. The molecule has 11 heteroatoms. The average molecular weight is 395 g/mol. The Morgan fingerprint density at radius 2 is 1.81 bits per heavy atom. The molecule has 2 rings (SSSR count). The Bertz CT molecular complexity index is 779. The van der Waals surface area contributed by atoms with Gasteiger partial charge in [0.05, 0.1) is 7.11 Å². The Morgan fingerprint density at radius 3 is 2.37 bits per heavy atom. The summed E-state index contributed by atoms with van der Waals surface area (Å²) in [6.07, 6.45) is -9.38. The van der Waals surface area contributed by atoms with E-state index in [4.69, 9.17) is 4.74 Å². The summed E-state index contributed by atoms with van der Waals surface area (Å²) in [5.41, 5.74) is -1.00. The quantitative estimate of drug-likeness (QED) is 0.669. The molecule has 0 N–H and O–H groups in total. The molecule has 0 radical (unpaired) electrons. The molecule has 1 aromatic heterocycles. The molecule has 0 unspecified atom stereocenters. The van der Waals surface area contributed by atoms with E-state index in [9.17, 15) is 26.3 Å². The van der Waals surface area contributed by atoms with Crippen LogP contribution < -0.4 is 14.4 Å². The van der Waals surface area contributed by atoms with E-state index < -0.39 is 30.4 Å². The summed E-state index contributed by atoms with van der Waals surface area (Å²) in [5, 5.41) is 0. The average Bonchev–Trinajstić information content (AvgIpc) is 2.59. The van der Waals surface area contributed by atoms with Crippen molar-refractivity contribution in [2.45, 2.75) is 19.3 Å². The molecule has 0 spiro atoms.